The predicted molar refractivity (Wildman–Crippen MR) is 64.0 cm³/mol. The van der Waals surface area contributed by atoms with Crippen molar-refractivity contribution in [3.8, 4) is 0 Å². The first-order valence-corrected chi connectivity index (χ1v) is 5.80. The second-order valence-electron chi connectivity index (χ2n) is 3.60. The summed E-state index contributed by atoms with van der Waals surface area (Å²) in [5.41, 5.74) is 6.50. The van der Waals surface area contributed by atoms with Gasteiger partial charge in [0.05, 0.1) is 12.6 Å². The van der Waals surface area contributed by atoms with Crippen LogP contribution in [0.1, 0.15) is 25.5 Å². The molecule has 0 fully saturated rings. The molecule has 0 amide bonds. The number of hydrogen-bond donors (Lipinski definition) is 3. The molecule has 4 nitrogen and oxygen atoms in total. The molecule has 0 saturated carbocycles. The van der Waals surface area contributed by atoms with E-state index in [9.17, 15) is 5.11 Å². The van der Waals surface area contributed by atoms with Crippen LogP contribution in [0.2, 0.25) is 0 Å². The first kappa shape index (κ1) is 12.0. The lowest BCUT2D eigenvalue weighted by atomic mass is 10.2. The molecular weight excluding hydrogens is 210 g/mol. The molecule has 1 aromatic heterocycles. The Labute approximate surface area is 93.8 Å². The molecule has 1 unspecified atom stereocenters. The van der Waals surface area contributed by atoms with E-state index < -0.39 is 6.10 Å². The highest BCUT2D eigenvalue weighted by molar-refractivity contribution is 7.07. The van der Waals surface area contributed by atoms with E-state index in [0.717, 1.165) is 5.56 Å². The van der Waals surface area contributed by atoms with Gasteiger partial charge < -0.3 is 16.2 Å². The fraction of sp³-hybridized carbons (Fsp3) is 0.500. The summed E-state index contributed by atoms with van der Waals surface area (Å²) in [5, 5.41) is 16.5. The average Bonchev–Trinajstić information content (AvgIpc) is 2.65. The average molecular weight is 227 g/mol. The summed E-state index contributed by atoms with van der Waals surface area (Å²) < 4.78 is 0. The Kier molecular flexibility index (Phi) is 4.58. The lowest BCUT2D eigenvalue weighted by Gasteiger charge is -2.10. The third-order valence-corrected chi connectivity index (χ3v) is 2.50. The molecule has 4 N–H and O–H groups in total. The van der Waals surface area contributed by atoms with Crippen LogP contribution < -0.4 is 11.1 Å². The van der Waals surface area contributed by atoms with Crippen LogP contribution in [0.25, 0.3) is 0 Å². The molecule has 5 heteroatoms. The summed E-state index contributed by atoms with van der Waals surface area (Å²) in [7, 11) is 0. The van der Waals surface area contributed by atoms with Crippen molar-refractivity contribution in [1.29, 1.82) is 0 Å². The maximum atomic E-state index is 9.71. The normalized spacial score (nSPS) is 14.3. The summed E-state index contributed by atoms with van der Waals surface area (Å²) in [6.45, 7) is 4.26. The molecule has 0 bridgehead atoms. The van der Waals surface area contributed by atoms with Crippen LogP contribution in [0, 0.1) is 0 Å². The monoisotopic (exact) mass is 227 g/mol. The van der Waals surface area contributed by atoms with Gasteiger partial charge in [0.15, 0.2) is 5.96 Å². The Bertz CT molecular complexity index is 308. The molecule has 0 spiro atoms. The van der Waals surface area contributed by atoms with E-state index in [4.69, 9.17) is 5.73 Å². The smallest absolute Gasteiger partial charge is 0.188 e. The molecule has 0 aliphatic carbocycles. The van der Waals surface area contributed by atoms with Gasteiger partial charge in [-0.3, -0.25) is 4.99 Å². The third kappa shape index (κ3) is 4.31. The van der Waals surface area contributed by atoms with E-state index >= 15 is 0 Å². The van der Waals surface area contributed by atoms with E-state index in [2.05, 4.69) is 10.3 Å². The van der Waals surface area contributed by atoms with Crippen LogP contribution in [-0.4, -0.2) is 23.7 Å². The van der Waals surface area contributed by atoms with Gasteiger partial charge >= 0.3 is 0 Å². The predicted octanol–water partition coefficient (Wildman–Crippen LogP) is 1.09. The molecule has 0 aromatic carbocycles. The van der Waals surface area contributed by atoms with Crippen molar-refractivity contribution in [1.82, 2.24) is 5.32 Å². The number of nitrogens with one attached hydrogen (secondary N) is 1. The van der Waals surface area contributed by atoms with Gasteiger partial charge in [-0.25, -0.2) is 0 Å². The molecule has 0 radical (unpaired) electrons. The first-order valence-electron chi connectivity index (χ1n) is 4.86. The van der Waals surface area contributed by atoms with Gasteiger partial charge in [0, 0.05) is 6.04 Å². The van der Waals surface area contributed by atoms with Crippen LogP contribution >= 0.6 is 11.3 Å². The van der Waals surface area contributed by atoms with Crippen molar-refractivity contribution in [2.24, 2.45) is 10.7 Å². The Morgan fingerprint density at radius 2 is 2.40 bits per heavy atom. The van der Waals surface area contributed by atoms with Crippen molar-refractivity contribution in [3.05, 3.63) is 22.4 Å². The van der Waals surface area contributed by atoms with E-state index in [1.54, 1.807) is 11.3 Å². The number of hydrogen-bond acceptors (Lipinski definition) is 3. The standard InChI is InChI=1S/C10H17N3OS/c1-7(2)13-10(11)12-5-9(14)8-3-4-15-6-8/h3-4,6-7,9,14H,5H2,1-2H3,(H3,11,12,13). The molecule has 0 aliphatic heterocycles. The summed E-state index contributed by atoms with van der Waals surface area (Å²) >= 11 is 1.56. The van der Waals surface area contributed by atoms with Gasteiger partial charge in [-0.05, 0) is 36.2 Å². The maximum absolute atomic E-state index is 9.71. The number of rotatable bonds is 4. The third-order valence-electron chi connectivity index (χ3n) is 1.80. The highest BCUT2D eigenvalue weighted by atomic mass is 32.1. The van der Waals surface area contributed by atoms with Crippen molar-refractivity contribution >= 4 is 17.3 Å². The highest BCUT2D eigenvalue weighted by Crippen LogP contribution is 2.15. The van der Waals surface area contributed by atoms with Crippen molar-refractivity contribution in [3.63, 3.8) is 0 Å². The molecule has 1 heterocycles. The number of nitrogens with two attached hydrogens (primary N) is 1. The van der Waals surface area contributed by atoms with Gasteiger partial charge in [0.25, 0.3) is 0 Å². The molecular formula is C10H17N3OS. The molecule has 0 aliphatic rings. The minimum Gasteiger partial charge on any atom is -0.386 e. The largest absolute Gasteiger partial charge is 0.386 e. The van der Waals surface area contributed by atoms with Gasteiger partial charge in [-0.15, -0.1) is 0 Å². The lowest BCUT2D eigenvalue weighted by Crippen LogP contribution is -2.37. The molecule has 1 aromatic rings. The summed E-state index contributed by atoms with van der Waals surface area (Å²) in [6.07, 6.45) is -0.566. The molecule has 1 rings (SSSR count). The molecule has 1 atom stereocenters. The fourth-order valence-electron chi connectivity index (χ4n) is 1.10. The van der Waals surface area contributed by atoms with Crippen molar-refractivity contribution in [2.45, 2.75) is 26.0 Å². The Morgan fingerprint density at radius 1 is 1.67 bits per heavy atom. The van der Waals surface area contributed by atoms with E-state index in [0.29, 0.717) is 12.5 Å². The molecule has 15 heavy (non-hydrogen) atoms. The Morgan fingerprint density at radius 3 is 2.93 bits per heavy atom. The van der Waals surface area contributed by atoms with Crippen LogP contribution in [0.3, 0.4) is 0 Å². The number of thiophene rings is 1. The number of aliphatic hydroxyl groups is 1. The van der Waals surface area contributed by atoms with Gasteiger partial charge in [-0.2, -0.15) is 11.3 Å². The minimum atomic E-state index is -0.566. The van der Waals surface area contributed by atoms with E-state index in [1.165, 1.54) is 0 Å². The van der Waals surface area contributed by atoms with Crippen molar-refractivity contribution in [2.75, 3.05) is 6.54 Å². The van der Waals surface area contributed by atoms with Crippen LogP contribution in [0.5, 0.6) is 0 Å². The zero-order valence-corrected chi connectivity index (χ0v) is 9.79. The van der Waals surface area contributed by atoms with E-state index in [-0.39, 0.29) is 6.04 Å². The zero-order chi connectivity index (χ0) is 11.3. The van der Waals surface area contributed by atoms with Crippen molar-refractivity contribution < 1.29 is 5.11 Å². The van der Waals surface area contributed by atoms with E-state index in [1.807, 2.05) is 30.7 Å². The maximum Gasteiger partial charge on any atom is 0.188 e. The van der Waals surface area contributed by atoms with Gasteiger partial charge in [0.1, 0.15) is 0 Å². The van der Waals surface area contributed by atoms with Gasteiger partial charge in [0.2, 0.25) is 0 Å². The number of aliphatic imine (C=N–C) groups is 1. The fourth-order valence-corrected chi connectivity index (χ4v) is 1.80. The SMILES string of the molecule is CC(C)NC(N)=NCC(O)c1ccsc1. The Balaban J connectivity index is 2.42. The summed E-state index contributed by atoms with van der Waals surface area (Å²) in [6, 6.07) is 2.14. The minimum absolute atomic E-state index is 0.257. The van der Waals surface area contributed by atoms with Gasteiger partial charge in [-0.1, -0.05) is 0 Å². The first-order chi connectivity index (χ1) is 7.09. The zero-order valence-electron chi connectivity index (χ0n) is 8.97. The molecule has 84 valence electrons. The Hall–Kier alpha value is -1.07. The second-order valence-corrected chi connectivity index (χ2v) is 4.38. The number of nitrogens with zero attached hydrogens (tertiary/aromatic N) is 1. The molecule has 0 saturated heterocycles. The van der Waals surface area contributed by atoms with Crippen LogP contribution in [0.4, 0.5) is 0 Å². The number of aliphatic hydroxyl groups excluding tert-OH is 1. The second kappa shape index (κ2) is 5.72. The lowest BCUT2D eigenvalue weighted by molar-refractivity contribution is 0.187. The summed E-state index contributed by atoms with van der Waals surface area (Å²) in [4.78, 5) is 4.06. The van der Waals surface area contributed by atoms with Crippen LogP contribution in [0.15, 0.2) is 21.8 Å². The quantitative estimate of drug-likeness (QED) is 0.533. The summed E-state index contributed by atoms with van der Waals surface area (Å²) in [5.74, 6) is 0.374. The topological polar surface area (TPSA) is 70.6 Å². The number of guanidine groups is 1. The highest BCUT2D eigenvalue weighted by Gasteiger charge is 2.06. The van der Waals surface area contributed by atoms with Crippen LogP contribution in [-0.2, 0) is 0 Å².